The molecule has 0 spiro atoms. The van der Waals surface area contributed by atoms with Crippen LogP contribution in [0, 0.1) is 0 Å². The second kappa shape index (κ2) is 9.53. The quantitative estimate of drug-likeness (QED) is 0.602. The minimum atomic E-state index is -2.49. The van der Waals surface area contributed by atoms with Gasteiger partial charge in [-0.3, -0.25) is 0 Å². The summed E-state index contributed by atoms with van der Waals surface area (Å²) in [6, 6.07) is 8.83. The molecular formula is C15H25ClO3Si. The van der Waals surface area contributed by atoms with Crippen molar-refractivity contribution in [3.05, 3.63) is 34.9 Å². The van der Waals surface area contributed by atoms with E-state index in [-0.39, 0.29) is 0 Å². The lowest BCUT2D eigenvalue weighted by atomic mass is 10.1. The molecule has 0 fully saturated rings. The SMILES string of the molecule is CCO[Si](CCCc1ccc(Cl)cc1)(OCC)OCC. The average molecular weight is 317 g/mol. The number of hydrogen-bond donors (Lipinski definition) is 0. The molecule has 0 aliphatic rings. The molecule has 0 radical (unpaired) electrons. The molecule has 20 heavy (non-hydrogen) atoms. The van der Waals surface area contributed by atoms with Gasteiger partial charge in [-0.2, -0.15) is 0 Å². The zero-order valence-corrected chi connectivity index (χ0v) is 14.4. The molecule has 0 N–H and O–H groups in total. The molecule has 3 nitrogen and oxygen atoms in total. The van der Waals surface area contributed by atoms with Crippen molar-refractivity contribution in [1.82, 2.24) is 0 Å². The summed E-state index contributed by atoms with van der Waals surface area (Å²) >= 11 is 5.89. The van der Waals surface area contributed by atoms with Crippen molar-refractivity contribution in [3.8, 4) is 0 Å². The summed E-state index contributed by atoms with van der Waals surface area (Å²) in [4.78, 5) is 0. The van der Waals surface area contributed by atoms with Crippen LogP contribution in [0.25, 0.3) is 0 Å². The van der Waals surface area contributed by atoms with Gasteiger partial charge in [-0.1, -0.05) is 23.7 Å². The minimum absolute atomic E-state index is 0.632. The molecule has 0 heterocycles. The van der Waals surface area contributed by atoms with Crippen molar-refractivity contribution in [3.63, 3.8) is 0 Å². The van der Waals surface area contributed by atoms with Crippen molar-refractivity contribution >= 4 is 20.4 Å². The number of halogens is 1. The van der Waals surface area contributed by atoms with Gasteiger partial charge in [0.05, 0.1) is 0 Å². The van der Waals surface area contributed by atoms with Crippen molar-refractivity contribution in [2.75, 3.05) is 19.8 Å². The summed E-state index contributed by atoms with van der Waals surface area (Å²) in [7, 11) is -2.49. The first-order chi connectivity index (χ1) is 9.65. The highest BCUT2D eigenvalue weighted by molar-refractivity contribution is 6.60. The second-order valence-corrected chi connectivity index (χ2v) is 7.63. The molecule has 0 aliphatic heterocycles. The van der Waals surface area contributed by atoms with Gasteiger partial charge in [-0.15, -0.1) is 0 Å². The van der Waals surface area contributed by atoms with Crippen molar-refractivity contribution in [2.45, 2.75) is 39.7 Å². The van der Waals surface area contributed by atoms with Crippen LogP contribution >= 0.6 is 11.6 Å². The van der Waals surface area contributed by atoms with Gasteiger partial charge in [0.2, 0.25) is 0 Å². The number of benzene rings is 1. The van der Waals surface area contributed by atoms with Crippen LogP contribution in [0.15, 0.2) is 24.3 Å². The highest BCUT2D eigenvalue weighted by Crippen LogP contribution is 2.20. The predicted molar refractivity (Wildman–Crippen MR) is 85.2 cm³/mol. The van der Waals surface area contributed by atoms with E-state index in [1.165, 1.54) is 5.56 Å². The number of hydrogen-bond acceptors (Lipinski definition) is 3. The smallest absolute Gasteiger partial charge is 0.374 e. The summed E-state index contributed by atoms with van der Waals surface area (Å²) in [6.45, 7) is 7.85. The van der Waals surface area contributed by atoms with E-state index in [0.717, 1.165) is 23.9 Å². The third-order valence-electron chi connectivity index (χ3n) is 2.95. The maximum atomic E-state index is 5.89. The lowest BCUT2D eigenvalue weighted by Gasteiger charge is -2.28. The van der Waals surface area contributed by atoms with E-state index >= 15 is 0 Å². The van der Waals surface area contributed by atoms with Crippen LogP contribution in [-0.2, 0) is 19.7 Å². The predicted octanol–water partition coefficient (Wildman–Crippen LogP) is 4.32. The van der Waals surface area contributed by atoms with Crippen LogP contribution in [-0.4, -0.2) is 28.6 Å². The van der Waals surface area contributed by atoms with E-state index in [0.29, 0.717) is 19.8 Å². The molecular weight excluding hydrogens is 292 g/mol. The van der Waals surface area contributed by atoms with E-state index < -0.39 is 8.80 Å². The lowest BCUT2D eigenvalue weighted by Crippen LogP contribution is -2.46. The van der Waals surface area contributed by atoms with Crippen LogP contribution in [0.4, 0.5) is 0 Å². The lowest BCUT2D eigenvalue weighted by molar-refractivity contribution is 0.0708. The van der Waals surface area contributed by atoms with Gasteiger partial charge < -0.3 is 13.3 Å². The maximum absolute atomic E-state index is 5.89. The van der Waals surface area contributed by atoms with Crippen molar-refractivity contribution in [2.24, 2.45) is 0 Å². The molecule has 5 heteroatoms. The first kappa shape index (κ1) is 17.7. The van der Waals surface area contributed by atoms with Gasteiger partial charge in [-0.25, -0.2) is 0 Å². The summed E-state index contributed by atoms with van der Waals surface area (Å²) in [6.07, 6.45) is 1.98. The van der Waals surface area contributed by atoms with E-state index in [1.807, 2.05) is 32.9 Å². The minimum Gasteiger partial charge on any atom is -0.374 e. The highest BCUT2D eigenvalue weighted by Gasteiger charge is 2.39. The number of rotatable bonds is 10. The van der Waals surface area contributed by atoms with E-state index in [4.69, 9.17) is 24.9 Å². The Balaban J connectivity index is 2.54. The Morgan fingerprint density at radius 3 is 1.85 bits per heavy atom. The largest absolute Gasteiger partial charge is 0.500 e. The standard InChI is InChI=1S/C15H25ClO3Si/c1-4-17-20(18-5-2,19-6-3)13-7-8-14-9-11-15(16)12-10-14/h9-12H,4-8,13H2,1-3H3. The molecule has 0 amide bonds. The summed E-state index contributed by atoms with van der Waals surface area (Å²) in [5, 5.41) is 0.774. The molecule has 1 aromatic carbocycles. The van der Waals surface area contributed by atoms with Crippen LogP contribution in [0.3, 0.4) is 0 Å². The Labute approximate surface area is 128 Å². The van der Waals surface area contributed by atoms with Gasteiger partial charge in [-0.05, 0) is 51.3 Å². The molecule has 0 unspecified atom stereocenters. The zero-order valence-electron chi connectivity index (χ0n) is 12.7. The molecule has 0 bridgehead atoms. The Morgan fingerprint density at radius 2 is 1.40 bits per heavy atom. The molecule has 0 atom stereocenters. The molecule has 1 rings (SSSR count). The van der Waals surface area contributed by atoms with Crippen LogP contribution in [0.5, 0.6) is 0 Å². The fourth-order valence-electron chi connectivity index (χ4n) is 2.16. The Hall–Kier alpha value is -0.393. The molecule has 0 saturated heterocycles. The van der Waals surface area contributed by atoms with E-state index in [9.17, 15) is 0 Å². The summed E-state index contributed by atoms with van der Waals surface area (Å²) < 4.78 is 17.5. The second-order valence-electron chi connectivity index (χ2n) is 4.46. The average Bonchev–Trinajstić information content (AvgIpc) is 2.42. The summed E-state index contributed by atoms with van der Waals surface area (Å²) in [5.74, 6) is 0. The van der Waals surface area contributed by atoms with Crippen LogP contribution in [0.1, 0.15) is 32.8 Å². The first-order valence-corrected chi connectivity index (χ1v) is 9.63. The van der Waals surface area contributed by atoms with Crippen molar-refractivity contribution < 1.29 is 13.3 Å². The Kier molecular flexibility index (Phi) is 8.41. The topological polar surface area (TPSA) is 27.7 Å². The summed E-state index contributed by atoms with van der Waals surface area (Å²) in [5.41, 5.74) is 1.28. The molecule has 1 aromatic rings. The van der Waals surface area contributed by atoms with Gasteiger partial charge >= 0.3 is 8.80 Å². The first-order valence-electron chi connectivity index (χ1n) is 7.32. The monoisotopic (exact) mass is 316 g/mol. The van der Waals surface area contributed by atoms with Gasteiger partial charge in [0.1, 0.15) is 0 Å². The van der Waals surface area contributed by atoms with Gasteiger partial charge in [0.25, 0.3) is 0 Å². The van der Waals surface area contributed by atoms with Crippen LogP contribution in [0.2, 0.25) is 11.1 Å². The Morgan fingerprint density at radius 1 is 0.900 bits per heavy atom. The number of aryl methyl sites for hydroxylation is 1. The Bertz CT molecular complexity index is 353. The van der Waals surface area contributed by atoms with E-state index in [1.54, 1.807) is 0 Å². The molecule has 0 aliphatic carbocycles. The normalized spacial score (nSPS) is 11.8. The fraction of sp³-hybridized carbons (Fsp3) is 0.600. The van der Waals surface area contributed by atoms with Gasteiger partial charge in [0.15, 0.2) is 0 Å². The molecule has 114 valence electrons. The fourth-order valence-corrected chi connectivity index (χ4v) is 4.90. The van der Waals surface area contributed by atoms with E-state index in [2.05, 4.69) is 12.1 Å². The highest BCUT2D eigenvalue weighted by atomic mass is 35.5. The molecule has 0 aromatic heterocycles. The van der Waals surface area contributed by atoms with Crippen LogP contribution < -0.4 is 0 Å². The van der Waals surface area contributed by atoms with Gasteiger partial charge in [0, 0.05) is 30.9 Å². The van der Waals surface area contributed by atoms with Crippen molar-refractivity contribution in [1.29, 1.82) is 0 Å². The molecule has 0 saturated carbocycles. The maximum Gasteiger partial charge on any atom is 0.500 e. The zero-order chi connectivity index (χ0) is 14.8. The third kappa shape index (κ3) is 5.93. The third-order valence-corrected chi connectivity index (χ3v) is 6.36.